The van der Waals surface area contributed by atoms with Gasteiger partial charge in [0, 0.05) is 41.0 Å². The van der Waals surface area contributed by atoms with Gasteiger partial charge in [0.25, 0.3) is 0 Å². The minimum Gasteiger partial charge on any atom is -0.509 e. The molecule has 0 saturated carbocycles. The third kappa shape index (κ3) is 8.18. The summed E-state index contributed by atoms with van der Waals surface area (Å²) in [5.41, 5.74) is 8.06. The van der Waals surface area contributed by atoms with Crippen LogP contribution in [0.2, 0.25) is 0 Å². The van der Waals surface area contributed by atoms with E-state index < -0.39 is 0 Å². The van der Waals surface area contributed by atoms with E-state index >= 15 is 0 Å². The molecule has 0 saturated heterocycles. The quantitative estimate of drug-likeness (QED) is 0.136. The molecule has 0 spiro atoms. The zero-order valence-electron chi connectivity index (χ0n) is 30.0. The van der Waals surface area contributed by atoms with Crippen LogP contribution in [0.1, 0.15) is 65.5 Å². The molecule has 0 fully saturated rings. The van der Waals surface area contributed by atoms with Crippen molar-refractivity contribution in [3.05, 3.63) is 133 Å². The maximum atomic E-state index is 14.3. The van der Waals surface area contributed by atoms with E-state index in [0.717, 1.165) is 58.7 Å². The summed E-state index contributed by atoms with van der Waals surface area (Å²) in [6.45, 7) is 13.8. The van der Waals surface area contributed by atoms with Crippen molar-refractivity contribution in [2.75, 3.05) is 0 Å². The molecule has 0 aliphatic carbocycles. The average molecular weight is 858 g/mol. The summed E-state index contributed by atoms with van der Waals surface area (Å²) < 4.78 is 24.4. The van der Waals surface area contributed by atoms with Gasteiger partial charge in [0.2, 0.25) is 0 Å². The van der Waals surface area contributed by atoms with Gasteiger partial charge in [0.1, 0.15) is 11.6 Å². The summed E-state index contributed by atoms with van der Waals surface area (Å²) >= 11 is 0. The Morgan fingerprint density at radius 2 is 1.43 bits per heavy atom. The Morgan fingerprint density at radius 1 is 0.745 bits per heavy atom. The van der Waals surface area contributed by atoms with E-state index in [1.54, 1.807) is 0 Å². The van der Waals surface area contributed by atoms with Gasteiger partial charge in [-0.2, -0.15) is 17.2 Å². The van der Waals surface area contributed by atoms with Gasteiger partial charge >= 0.3 is 21.1 Å². The number of rotatable bonds is 9. The second kappa shape index (κ2) is 14.6. The van der Waals surface area contributed by atoms with Crippen molar-refractivity contribution in [2.45, 2.75) is 67.2 Å². The molecule has 0 unspecified atom stereocenters. The van der Waals surface area contributed by atoms with Gasteiger partial charge in [-0.05, 0) is 76.4 Å². The summed E-state index contributed by atoms with van der Waals surface area (Å²) in [4.78, 5) is 4.46. The molecule has 4 aromatic carbocycles. The number of pyridine rings is 1. The van der Waals surface area contributed by atoms with Gasteiger partial charge in [0.05, 0.1) is 6.20 Å². The van der Waals surface area contributed by atoms with Gasteiger partial charge < -0.3 is 9.30 Å². The molecule has 0 amide bonds. The summed E-state index contributed by atoms with van der Waals surface area (Å²) in [6, 6.07) is 34.1. The first kappa shape index (κ1) is 36.3. The average Bonchev–Trinajstić information content (AvgIpc) is 3.69. The Morgan fingerprint density at radius 3 is 2.14 bits per heavy atom. The molecule has 0 atom stereocenters. The first-order chi connectivity index (χ1) is 23.9. The van der Waals surface area contributed by atoms with E-state index in [9.17, 15) is 4.39 Å². The number of hydrogen-bond acceptors (Lipinski definition) is 3. The van der Waals surface area contributed by atoms with Crippen LogP contribution in [0.5, 0.6) is 11.5 Å². The maximum absolute atomic E-state index is 14.3. The molecule has 0 N–H and O–H groups in total. The number of hydrogen-bond donors (Lipinski definition) is 0. The van der Waals surface area contributed by atoms with Gasteiger partial charge in [-0.15, -0.1) is 35.7 Å². The maximum Gasteiger partial charge on any atom is 2.00 e. The van der Waals surface area contributed by atoms with Crippen LogP contribution in [0, 0.1) is 28.8 Å². The van der Waals surface area contributed by atoms with Crippen molar-refractivity contribution in [1.82, 2.24) is 19.3 Å². The molecule has 7 heteroatoms. The van der Waals surface area contributed by atoms with E-state index in [2.05, 4.69) is 83.1 Å². The van der Waals surface area contributed by atoms with Gasteiger partial charge in [-0.3, -0.25) is 4.68 Å². The number of nitrogens with zero attached hydrogens (tertiary/aromatic N) is 4. The Bertz CT molecular complexity index is 2270. The third-order valence-electron chi connectivity index (χ3n) is 9.11. The zero-order chi connectivity index (χ0) is 35.0. The summed E-state index contributed by atoms with van der Waals surface area (Å²) in [7, 11) is 0. The fourth-order valence-corrected chi connectivity index (χ4v) is 6.48. The summed E-state index contributed by atoms with van der Waals surface area (Å²) in [5.74, 6) is 1.19. The van der Waals surface area contributed by atoms with Crippen LogP contribution >= 0.6 is 0 Å². The third-order valence-corrected chi connectivity index (χ3v) is 9.11. The van der Waals surface area contributed by atoms with Gasteiger partial charge in [-0.25, -0.2) is 9.37 Å². The predicted octanol–water partition coefficient (Wildman–Crippen LogP) is 11.5. The largest absolute Gasteiger partial charge is 2.00 e. The standard InChI is InChI=1S/C44H43FN4O.Pt/c1-43(2,3)22-19-30-11-9-12-31(20-23-44(4,5)6)42(30)32-28-47-48(29-32)34-13-10-14-35(26-34)50-36-17-18-38-37-15-7-8-16-39(37)49(40(38)27-36)41-25-33(45)21-24-46-41;/h7-18,21,24-25,28-29H,19-20,22-23H2,1-6H3;/q-2;+2. The Hall–Kier alpha value is -4.54. The fraction of sp³-hybridized carbons (Fsp3) is 0.273. The molecule has 7 aromatic rings. The van der Waals surface area contributed by atoms with Crippen LogP contribution in [-0.2, 0) is 33.9 Å². The Balaban J connectivity index is 0.00000448. The van der Waals surface area contributed by atoms with Gasteiger partial charge in [0.15, 0.2) is 0 Å². The first-order valence-corrected chi connectivity index (χ1v) is 17.4. The van der Waals surface area contributed by atoms with Crippen LogP contribution in [0.3, 0.4) is 0 Å². The first-order valence-electron chi connectivity index (χ1n) is 17.4. The van der Waals surface area contributed by atoms with Crippen molar-refractivity contribution >= 4 is 21.8 Å². The van der Waals surface area contributed by atoms with Crippen molar-refractivity contribution in [3.63, 3.8) is 0 Å². The molecule has 3 aromatic heterocycles. The van der Waals surface area contributed by atoms with Crippen molar-refractivity contribution in [2.24, 2.45) is 10.8 Å². The monoisotopic (exact) mass is 857 g/mol. The zero-order valence-corrected chi connectivity index (χ0v) is 32.3. The number of ether oxygens (including phenoxy) is 1. The minimum absolute atomic E-state index is 0. The van der Waals surface area contributed by atoms with E-state index in [1.165, 1.54) is 35.0 Å². The topological polar surface area (TPSA) is 44.9 Å². The van der Waals surface area contributed by atoms with Crippen LogP contribution < -0.4 is 4.74 Å². The fourth-order valence-electron chi connectivity index (χ4n) is 6.48. The van der Waals surface area contributed by atoms with E-state index in [4.69, 9.17) is 9.84 Å². The molecule has 3 heterocycles. The molecule has 0 radical (unpaired) electrons. The van der Waals surface area contributed by atoms with Crippen LogP contribution in [0.4, 0.5) is 4.39 Å². The predicted molar refractivity (Wildman–Crippen MR) is 201 cm³/mol. The number of fused-ring (bicyclic) bond motifs is 3. The van der Waals surface area contributed by atoms with Gasteiger partial charge in [-0.1, -0.05) is 83.5 Å². The van der Waals surface area contributed by atoms with Crippen LogP contribution in [0.15, 0.2) is 104 Å². The molecule has 0 aliphatic heterocycles. The second-order valence-electron chi connectivity index (χ2n) is 15.5. The number of aryl methyl sites for hydroxylation is 2. The van der Waals surface area contributed by atoms with Crippen LogP contribution in [-0.4, -0.2) is 19.3 Å². The molecule has 51 heavy (non-hydrogen) atoms. The molecule has 262 valence electrons. The Kier molecular flexibility index (Phi) is 10.4. The van der Waals surface area contributed by atoms with Crippen LogP contribution in [0.25, 0.3) is 44.4 Å². The number of aromatic nitrogens is 4. The molecular formula is C44H43FN4OPt. The number of halogens is 1. The smallest absolute Gasteiger partial charge is 0.509 e. The summed E-state index contributed by atoms with van der Waals surface area (Å²) in [5, 5.41) is 6.82. The van der Waals surface area contributed by atoms with E-state index in [0.29, 0.717) is 17.3 Å². The van der Waals surface area contributed by atoms with E-state index in [1.807, 2.05) is 70.0 Å². The number of benzene rings is 4. The van der Waals surface area contributed by atoms with Crippen molar-refractivity contribution in [1.29, 1.82) is 0 Å². The molecule has 7 rings (SSSR count). The van der Waals surface area contributed by atoms with E-state index in [-0.39, 0.29) is 37.7 Å². The SMILES string of the molecule is CC(C)(C)CCc1cccc(CCC(C)(C)C)c1-c1cnn(-c2[c-]c(Oc3[c-]c4c(cc3)c3ccccc3n4-c3cc(F)ccn3)ccc2)c1.[Pt+2]. The summed E-state index contributed by atoms with van der Waals surface area (Å²) in [6.07, 6.45) is 9.78. The number of para-hydroxylation sites is 1. The second-order valence-corrected chi connectivity index (χ2v) is 15.5. The minimum atomic E-state index is -0.351. The molecular weight excluding hydrogens is 815 g/mol. The molecule has 5 nitrogen and oxygen atoms in total. The Labute approximate surface area is 314 Å². The van der Waals surface area contributed by atoms with Crippen molar-refractivity contribution in [3.8, 4) is 34.1 Å². The molecule has 0 bridgehead atoms. The molecule has 0 aliphatic rings. The van der Waals surface area contributed by atoms with Crippen molar-refractivity contribution < 1.29 is 30.2 Å². The normalized spacial score (nSPS) is 12.0.